The van der Waals surface area contributed by atoms with E-state index in [4.69, 9.17) is 15.0 Å². The molecule has 1 aromatic heterocycles. The first kappa shape index (κ1) is 37.8. The minimum Gasteiger partial charge on any atom is -0.208 e. The minimum absolute atomic E-state index is 0.107. The van der Waals surface area contributed by atoms with Gasteiger partial charge in [0.05, 0.1) is 11.6 Å². The zero-order chi connectivity index (χ0) is 39.6. The molecular weight excluding hydrogens is 820 g/mol. The second kappa shape index (κ2) is 15.0. The van der Waals surface area contributed by atoms with Gasteiger partial charge in [-0.25, -0.2) is 15.0 Å². The van der Waals surface area contributed by atoms with E-state index in [2.05, 4.69) is 140 Å². The summed E-state index contributed by atoms with van der Waals surface area (Å²) in [6, 6.07) is 41.9. The Bertz CT molecular complexity index is 2510. The van der Waals surface area contributed by atoms with Crippen LogP contribution in [-0.4, -0.2) is 18.9 Å². The summed E-state index contributed by atoms with van der Waals surface area (Å²) < 4.78 is 0.737. The van der Waals surface area contributed by atoms with Gasteiger partial charge in [0.15, 0.2) is 17.5 Å². The fourth-order valence-corrected chi connectivity index (χ4v) is 14.3. The molecule has 4 aliphatic carbocycles. The lowest BCUT2D eigenvalue weighted by Gasteiger charge is -2.50. The lowest BCUT2D eigenvalue weighted by Crippen LogP contribution is -2.43. The van der Waals surface area contributed by atoms with Gasteiger partial charge in [0.2, 0.25) is 0 Å². The van der Waals surface area contributed by atoms with Gasteiger partial charge >= 0.3 is 0 Å². The summed E-state index contributed by atoms with van der Waals surface area (Å²) in [5, 5.41) is 12.3. The number of aromatic nitrogens is 3. The Hall–Kier alpha value is -4.41. The lowest BCUT2D eigenvalue weighted by molar-refractivity contribution is 0.0781. The maximum absolute atomic E-state index is 9.90. The lowest BCUT2D eigenvalue weighted by atomic mass is 9.54. The Morgan fingerprint density at radius 3 is 1.78 bits per heavy atom. The smallest absolute Gasteiger partial charge is 0.164 e. The molecule has 1 heterocycles. The Morgan fingerprint density at radius 1 is 0.500 bits per heavy atom. The molecule has 5 heteroatoms. The summed E-state index contributed by atoms with van der Waals surface area (Å²) >= 11 is 2.72. The van der Waals surface area contributed by atoms with Gasteiger partial charge in [-0.1, -0.05) is 122 Å². The quantitative estimate of drug-likeness (QED) is 0.124. The van der Waals surface area contributed by atoms with Gasteiger partial charge in [-0.05, 0) is 168 Å². The molecule has 4 fully saturated rings. The number of benzene rings is 5. The van der Waals surface area contributed by atoms with E-state index in [9.17, 15) is 5.26 Å². The van der Waals surface area contributed by atoms with E-state index in [-0.39, 0.29) is 10.8 Å². The predicted molar refractivity (Wildman–Crippen MR) is 246 cm³/mol. The minimum atomic E-state index is 0.107. The van der Waals surface area contributed by atoms with Crippen molar-refractivity contribution in [3.05, 3.63) is 126 Å². The van der Waals surface area contributed by atoms with Crippen LogP contribution in [0.25, 0.3) is 56.1 Å². The van der Waals surface area contributed by atoms with Crippen molar-refractivity contribution in [1.29, 1.82) is 5.26 Å². The van der Waals surface area contributed by atoms with Gasteiger partial charge in [0.1, 0.15) is 0 Å². The molecule has 0 amide bonds. The van der Waals surface area contributed by atoms with Gasteiger partial charge in [-0.2, -0.15) is 5.26 Å². The van der Waals surface area contributed by atoms with Crippen LogP contribution in [-0.2, 0) is 10.8 Å². The molecule has 0 saturated heterocycles. The van der Waals surface area contributed by atoms with Crippen LogP contribution in [0.4, 0.5) is 0 Å². The highest BCUT2D eigenvalue weighted by Gasteiger charge is 2.47. The van der Waals surface area contributed by atoms with E-state index in [1.54, 1.807) is 0 Å². The standard InChI is InChI=1S/C53H53IN4/c1-33-17-37-18-34(2)27-52(26-33,29-37)47-24-44(41-10-6-7-36(20-41)32-55)23-45(25-47)51-57-49(56-50(58-51)43-12-11-39-8-4-5-9-42(39)22-43)40-13-15-46(16-14-40)53-28-35(3)19-38(30-53)21-48(54)31-53/h4-16,20,22-25,33-35,37-38,48H,17-19,21,26-31H2,1-3H3/t33-,34+,35-,37?,38-,48+,52?,53?/m1/s1. The Morgan fingerprint density at radius 2 is 1.09 bits per heavy atom. The maximum atomic E-state index is 9.90. The van der Waals surface area contributed by atoms with Crippen molar-refractivity contribution >= 4 is 33.4 Å². The molecule has 0 radical (unpaired) electrons. The number of halogens is 1. The normalized spacial score (nSPS) is 29.2. The second-order valence-corrected chi connectivity index (χ2v) is 21.1. The molecule has 5 aromatic carbocycles. The molecule has 292 valence electrons. The average molecular weight is 873 g/mol. The monoisotopic (exact) mass is 872 g/mol. The van der Waals surface area contributed by atoms with Crippen LogP contribution in [0.5, 0.6) is 0 Å². The van der Waals surface area contributed by atoms with Crippen molar-refractivity contribution in [2.45, 2.75) is 99.7 Å². The third kappa shape index (κ3) is 7.18. The largest absolute Gasteiger partial charge is 0.208 e. The maximum Gasteiger partial charge on any atom is 0.164 e. The third-order valence-electron chi connectivity index (χ3n) is 14.5. The van der Waals surface area contributed by atoms with Crippen LogP contribution in [0.1, 0.15) is 102 Å². The van der Waals surface area contributed by atoms with Crippen LogP contribution in [0.15, 0.2) is 109 Å². The molecule has 8 atom stereocenters. The SMILES string of the molecule is C[C@@H]1CC2C[C@H](C)CC(c3cc(-c4cccc(C#N)c4)cc(-c4nc(-c5ccc(C67C[C@H](C)C[C@H](C[C@H](I)C6)C7)cc5)nc(-c5ccc6ccccc6c5)n4)c3)(C2)C1. The van der Waals surface area contributed by atoms with Gasteiger partial charge in [-0.15, -0.1) is 0 Å². The summed E-state index contributed by atoms with van der Waals surface area (Å²) in [5.74, 6) is 5.81. The first-order valence-electron chi connectivity index (χ1n) is 21.8. The molecule has 0 N–H and O–H groups in total. The zero-order valence-electron chi connectivity index (χ0n) is 34.1. The number of fused-ring (bicyclic) bond motifs is 5. The van der Waals surface area contributed by atoms with Crippen LogP contribution >= 0.6 is 22.6 Å². The second-order valence-electron chi connectivity index (χ2n) is 19.3. The van der Waals surface area contributed by atoms with Gasteiger partial charge < -0.3 is 0 Å². The molecule has 3 unspecified atom stereocenters. The summed E-state index contributed by atoms with van der Waals surface area (Å²) in [5.41, 5.74) is 9.10. The first-order chi connectivity index (χ1) is 28.1. The van der Waals surface area contributed by atoms with E-state index in [1.165, 1.54) is 86.1 Å². The number of hydrogen-bond acceptors (Lipinski definition) is 4. The molecule has 4 aliphatic rings. The van der Waals surface area contributed by atoms with Gasteiger partial charge in [0.25, 0.3) is 0 Å². The highest BCUT2D eigenvalue weighted by Crippen LogP contribution is 2.56. The average Bonchev–Trinajstić information content (AvgIpc) is 3.22. The van der Waals surface area contributed by atoms with E-state index in [0.29, 0.717) is 34.9 Å². The molecular formula is C53H53IN4. The van der Waals surface area contributed by atoms with Crippen LogP contribution in [0, 0.1) is 40.9 Å². The van der Waals surface area contributed by atoms with Crippen molar-refractivity contribution in [2.75, 3.05) is 0 Å². The molecule has 4 nitrogen and oxygen atoms in total. The van der Waals surface area contributed by atoms with E-state index >= 15 is 0 Å². The number of nitrogens with zero attached hydrogens (tertiary/aromatic N) is 4. The van der Waals surface area contributed by atoms with Crippen molar-refractivity contribution in [2.24, 2.45) is 29.6 Å². The molecule has 4 saturated carbocycles. The van der Waals surface area contributed by atoms with Crippen molar-refractivity contribution < 1.29 is 0 Å². The van der Waals surface area contributed by atoms with Gasteiger partial charge in [0, 0.05) is 20.6 Å². The van der Waals surface area contributed by atoms with Gasteiger partial charge in [-0.3, -0.25) is 0 Å². The van der Waals surface area contributed by atoms with Crippen molar-refractivity contribution in [3.8, 4) is 51.4 Å². The molecule has 0 spiro atoms. The van der Waals surface area contributed by atoms with Crippen LogP contribution in [0.3, 0.4) is 0 Å². The number of rotatable bonds is 6. The molecule has 6 aromatic rings. The van der Waals surface area contributed by atoms with Crippen LogP contribution in [0.2, 0.25) is 0 Å². The van der Waals surface area contributed by atoms with E-state index in [0.717, 1.165) is 49.5 Å². The summed E-state index contributed by atoms with van der Waals surface area (Å²) in [6.07, 6.45) is 12.9. The highest BCUT2D eigenvalue weighted by molar-refractivity contribution is 14.1. The Labute approximate surface area is 358 Å². The van der Waals surface area contributed by atoms with Crippen LogP contribution < -0.4 is 0 Å². The van der Waals surface area contributed by atoms with Crippen molar-refractivity contribution in [3.63, 3.8) is 0 Å². The highest BCUT2D eigenvalue weighted by atomic mass is 127. The Kier molecular flexibility index (Phi) is 9.79. The number of nitriles is 1. The molecule has 58 heavy (non-hydrogen) atoms. The molecule has 4 bridgehead atoms. The van der Waals surface area contributed by atoms with E-state index < -0.39 is 0 Å². The zero-order valence-corrected chi connectivity index (χ0v) is 36.3. The topological polar surface area (TPSA) is 62.5 Å². The molecule has 10 rings (SSSR count). The number of hydrogen-bond donors (Lipinski definition) is 0. The fraction of sp³-hybridized carbons (Fsp3) is 0.396. The Balaban J connectivity index is 1.14. The molecule has 0 aliphatic heterocycles. The summed E-state index contributed by atoms with van der Waals surface area (Å²) in [6.45, 7) is 7.38. The summed E-state index contributed by atoms with van der Waals surface area (Å²) in [7, 11) is 0. The fourth-order valence-electron chi connectivity index (χ4n) is 12.7. The summed E-state index contributed by atoms with van der Waals surface area (Å²) in [4.78, 5) is 16.0. The number of alkyl halides is 1. The van der Waals surface area contributed by atoms with Crippen molar-refractivity contribution in [1.82, 2.24) is 15.0 Å². The first-order valence-corrected chi connectivity index (χ1v) is 23.0. The van der Waals surface area contributed by atoms with E-state index in [1.807, 2.05) is 18.2 Å². The predicted octanol–water partition coefficient (Wildman–Crippen LogP) is 13.9. The third-order valence-corrected chi connectivity index (χ3v) is 15.5.